The first-order valence-corrected chi connectivity index (χ1v) is 11.6. The van der Waals surface area contributed by atoms with Crippen LogP contribution in [0.1, 0.15) is 31.8 Å². The van der Waals surface area contributed by atoms with E-state index in [9.17, 15) is 24.3 Å². The van der Waals surface area contributed by atoms with E-state index < -0.39 is 36.0 Å². The van der Waals surface area contributed by atoms with Gasteiger partial charge in [-0.25, -0.2) is 14.4 Å². The molecule has 0 radical (unpaired) electrons. The number of carbonyl (C=O) groups is 4. The molecule has 180 valence electrons. The fraction of sp³-hybridized carbons (Fsp3) is 0.154. The molecule has 3 aromatic rings. The van der Waals surface area contributed by atoms with Crippen LogP contribution in [0, 0.1) is 17.4 Å². The van der Waals surface area contributed by atoms with E-state index in [2.05, 4.69) is 5.32 Å². The van der Waals surface area contributed by atoms with Gasteiger partial charge in [0.05, 0.1) is 11.1 Å². The molecule has 0 spiro atoms. The predicted molar refractivity (Wildman–Crippen MR) is 136 cm³/mol. The number of ether oxygens (including phenoxy) is 2. The summed E-state index contributed by atoms with van der Waals surface area (Å²) in [4.78, 5) is 50.7. The lowest BCUT2D eigenvalue weighted by atomic mass is 10.1. The number of esters is 2. The van der Waals surface area contributed by atoms with Gasteiger partial charge in [-0.15, -0.1) is 0 Å². The third-order valence-corrected chi connectivity index (χ3v) is 5.52. The highest BCUT2D eigenvalue weighted by Gasteiger charge is 2.41. The fourth-order valence-electron chi connectivity index (χ4n) is 3.18. The minimum Gasteiger partial charge on any atom is -0.478 e. The number of hydrogen-bond acceptors (Lipinski definition) is 6. The Hall–Kier alpha value is -3.73. The van der Waals surface area contributed by atoms with Crippen molar-refractivity contribution in [2.45, 2.75) is 26.1 Å². The number of hydrogen-bond donors (Lipinski definition) is 2. The van der Waals surface area contributed by atoms with Crippen LogP contribution in [-0.4, -0.2) is 41.1 Å². The van der Waals surface area contributed by atoms with Gasteiger partial charge in [-0.05, 0) is 78.9 Å². The van der Waals surface area contributed by atoms with Gasteiger partial charge in [-0.2, -0.15) is 0 Å². The van der Waals surface area contributed by atoms with Crippen LogP contribution in [0.5, 0.6) is 0 Å². The first-order chi connectivity index (χ1) is 16.6. The van der Waals surface area contributed by atoms with Gasteiger partial charge in [-0.1, -0.05) is 41.5 Å². The third-order valence-electron chi connectivity index (χ3n) is 4.84. The molecule has 0 aliphatic heterocycles. The lowest BCUT2D eigenvalue weighted by Crippen LogP contribution is -2.48. The van der Waals surface area contributed by atoms with Crippen LogP contribution >= 0.6 is 22.6 Å². The number of halogens is 1. The Morgan fingerprint density at radius 1 is 0.771 bits per heavy atom. The zero-order valence-electron chi connectivity index (χ0n) is 18.9. The van der Waals surface area contributed by atoms with Crippen LogP contribution < -0.4 is 5.32 Å². The maximum atomic E-state index is 13.1. The minimum absolute atomic E-state index is 0.0954. The molecule has 3 rings (SSSR count). The second kappa shape index (κ2) is 11.6. The Kier molecular flexibility index (Phi) is 8.58. The van der Waals surface area contributed by atoms with Gasteiger partial charge in [-0.3, -0.25) is 4.79 Å². The predicted octanol–water partition coefficient (Wildman–Crippen LogP) is 4.38. The molecular weight excluding hydrogens is 565 g/mol. The van der Waals surface area contributed by atoms with Crippen LogP contribution in [0.25, 0.3) is 0 Å². The van der Waals surface area contributed by atoms with Crippen molar-refractivity contribution in [3.05, 3.63) is 98.6 Å². The zero-order chi connectivity index (χ0) is 25.5. The normalized spacial score (nSPS) is 12.2. The first kappa shape index (κ1) is 25.9. The molecule has 0 aliphatic rings. The maximum Gasteiger partial charge on any atom is 0.349 e. The van der Waals surface area contributed by atoms with E-state index in [-0.39, 0.29) is 11.1 Å². The molecule has 0 aromatic heterocycles. The highest BCUT2D eigenvalue weighted by molar-refractivity contribution is 14.1. The van der Waals surface area contributed by atoms with Crippen molar-refractivity contribution in [2.24, 2.45) is 0 Å². The standard InChI is InChI=1S/C26H22INO7/c1-15-6-3-8-17(12-15)25(32)34-21(23(29)28-20-11-5-10-19(27)14-20)22(24(30)31)35-26(33)18-9-4-7-16(2)13-18/h3-14,21-22H,1-2H3,(H,28,29)(H,30,31)/t21-,22-/m0/s1. The number of aliphatic carboxylic acids is 1. The van der Waals surface area contributed by atoms with Gasteiger partial charge >= 0.3 is 17.9 Å². The summed E-state index contributed by atoms with van der Waals surface area (Å²) in [5.41, 5.74) is 2.09. The Morgan fingerprint density at radius 3 is 1.77 bits per heavy atom. The number of nitrogens with one attached hydrogen (secondary N) is 1. The Balaban J connectivity index is 1.92. The molecule has 1 amide bonds. The molecule has 3 aromatic carbocycles. The second-order valence-electron chi connectivity index (χ2n) is 7.73. The topological polar surface area (TPSA) is 119 Å². The van der Waals surface area contributed by atoms with Gasteiger partial charge in [0.1, 0.15) is 0 Å². The number of amides is 1. The van der Waals surface area contributed by atoms with Crippen molar-refractivity contribution in [2.75, 3.05) is 5.32 Å². The molecule has 8 nitrogen and oxygen atoms in total. The Bertz CT molecular complexity index is 1270. The molecule has 0 fully saturated rings. The van der Waals surface area contributed by atoms with Crippen LogP contribution in [-0.2, 0) is 19.1 Å². The summed E-state index contributed by atoms with van der Waals surface area (Å²) >= 11 is 2.05. The average molecular weight is 587 g/mol. The minimum atomic E-state index is -2.10. The fourth-order valence-corrected chi connectivity index (χ4v) is 3.73. The highest BCUT2D eigenvalue weighted by atomic mass is 127. The van der Waals surface area contributed by atoms with Crippen molar-refractivity contribution in [3.63, 3.8) is 0 Å². The number of anilines is 1. The monoisotopic (exact) mass is 587 g/mol. The van der Waals surface area contributed by atoms with E-state index in [0.29, 0.717) is 5.69 Å². The van der Waals surface area contributed by atoms with Crippen molar-refractivity contribution in [1.82, 2.24) is 0 Å². The lowest BCUT2D eigenvalue weighted by molar-refractivity contribution is -0.157. The Morgan fingerprint density at radius 2 is 1.29 bits per heavy atom. The summed E-state index contributed by atoms with van der Waals surface area (Å²) in [7, 11) is 0. The van der Waals surface area contributed by atoms with Crippen LogP contribution in [0.4, 0.5) is 5.69 Å². The van der Waals surface area contributed by atoms with Crippen molar-refractivity contribution in [1.29, 1.82) is 0 Å². The molecule has 9 heteroatoms. The van der Waals surface area contributed by atoms with E-state index in [1.807, 2.05) is 22.6 Å². The summed E-state index contributed by atoms with van der Waals surface area (Å²) in [6.07, 6.45) is -4.06. The molecule has 0 heterocycles. The smallest absolute Gasteiger partial charge is 0.349 e. The van der Waals surface area contributed by atoms with E-state index in [1.54, 1.807) is 62.4 Å². The van der Waals surface area contributed by atoms with Gasteiger partial charge in [0, 0.05) is 9.26 Å². The Labute approximate surface area is 215 Å². The third kappa shape index (κ3) is 7.12. The largest absolute Gasteiger partial charge is 0.478 e. The maximum absolute atomic E-state index is 13.1. The molecule has 2 N–H and O–H groups in total. The molecule has 0 bridgehead atoms. The number of carbonyl (C=O) groups excluding carboxylic acids is 3. The van der Waals surface area contributed by atoms with Gasteiger partial charge in [0.25, 0.3) is 5.91 Å². The number of benzene rings is 3. The number of aryl methyl sites for hydroxylation is 2. The second-order valence-corrected chi connectivity index (χ2v) is 8.97. The molecule has 0 saturated carbocycles. The molecule has 0 saturated heterocycles. The average Bonchev–Trinajstić information content (AvgIpc) is 2.80. The number of carboxylic acids is 1. The molecule has 35 heavy (non-hydrogen) atoms. The van der Waals surface area contributed by atoms with Crippen LogP contribution in [0.3, 0.4) is 0 Å². The summed E-state index contributed by atoms with van der Waals surface area (Å²) < 4.78 is 11.3. The number of rotatable bonds is 8. The van der Waals surface area contributed by atoms with Crippen LogP contribution in [0.2, 0.25) is 0 Å². The molecule has 0 aliphatic carbocycles. The summed E-state index contributed by atoms with van der Waals surface area (Å²) in [5, 5.41) is 12.4. The lowest BCUT2D eigenvalue weighted by Gasteiger charge is -2.23. The van der Waals surface area contributed by atoms with Gasteiger partial charge in [0.2, 0.25) is 12.2 Å². The van der Waals surface area contributed by atoms with Crippen molar-refractivity contribution in [3.8, 4) is 0 Å². The highest BCUT2D eigenvalue weighted by Crippen LogP contribution is 2.18. The van der Waals surface area contributed by atoms with Crippen LogP contribution in [0.15, 0.2) is 72.8 Å². The molecular formula is C26H22INO7. The summed E-state index contributed by atoms with van der Waals surface area (Å²) in [6, 6.07) is 19.5. The number of carboxylic acid groups (broad SMARTS) is 1. The first-order valence-electron chi connectivity index (χ1n) is 10.5. The van der Waals surface area contributed by atoms with Gasteiger partial charge in [0.15, 0.2) is 0 Å². The van der Waals surface area contributed by atoms with E-state index >= 15 is 0 Å². The van der Waals surface area contributed by atoms with Gasteiger partial charge < -0.3 is 19.9 Å². The zero-order valence-corrected chi connectivity index (χ0v) is 21.0. The molecule has 2 atom stereocenters. The summed E-state index contributed by atoms with van der Waals surface area (Å²) in [6.45, 7) is 3.52. The van der Waals surface area contributed by atoms with E-state index in [4.69, 9.17) is 9.47 Å². The van der Waals surface area contributed by atoms with E-state index in [0.717, 1.165) is 14.7 Å². The van der Waals surface area contributed by atoms with Crippen molar-refractivity contribution >= 4 is 52.1 Å². The van der Waals surface area contributed by atoms with Crippen molar-refractivity contribution < 1.29 is 33.8 Å². The van der Waals surface area contributed by atoms with E-state index in [1.165, 1.54) is 24.3 Å². The SMILES string of the molecule is Cc1cccc(C(=O)O[C@H](C(=O)O)[C@H](OC(=O)c2cccc(C)c2)C(=O)Nc2cccc(I)c2)c1. The molecule has 0 unspecified atom stereocenters. The summed E-state index contributed by atoms with van der Waals surface area (Å²) in [5.74, 6) is -4.52. The quantitative estimate of drug-likeness (QED) is 0.297.